The smallest absolute Gasteiger partial charge is 0.0699 e. The van der Waals surface area contributed by atoms with Gasteiger partial charge in [0.15, 0.2) is 0 Å². The van der Waals surface area contributed by atoms with Crippen molar-refractivity contribution < 1.29 is 0 Å². The predicted molar refractivity (Wildman–Crippen MR) is 58.3 cm³/mol. The van der Waals surface area contributed by atoms with E-state index in [0.717, 1.165) is 24.7 Å². The normalized spacial score (nSPS) is 32.2. The van der Waals surface area contributed by atoms with Crippen molar-refractivity contribution in [1.82, 2.24) is 0 Å². The summed E-state index contributed by atoms with van der Waals surface area (Å²) in [4.78, 5) is 0. The van der Waals surface area contributed by atoms with E-state index >= 15 is 0 Å². The maximum atomic E-state index is 9.15. The van der Waals surface area contributed by atoms with Crippen LogP contribution in [0.3, 0.4) is 0 Å². The molecule has 1 nitrogen and oxygen atoms in total. The van der Waals surface area contributed by atoms with Crippen LogP contribution in [0.1, 0.15) is 46.0 Å². The van der Waals surface area contributed by atoms with Crippen molar-refractivity contribution in [1.29, 1.82) is 5.26 Å². The fourth-order valence-corrected chi connectivity index (χ4v) is 2.38. The van der Waals surface area contributed by atoms with Crippen molar-refractivity contribution in [3.05, 3.63) is 0 Å². The number of hydrogen-bond donors (Lipinski definition) is 0. The van der Waals surface area contributed by atoms with Gasteiger partial charge in [0.05, 0.1) is 11.5 Å². The van der Waals surface area contributed by atoms with E-state index in [1.807, 2.05) is 0 Å². The summed E-state index contributed by atoms with van der Waals surface area (Å²) in [6.45, 7) is 4.54. The van der Waals surface area contributed by atoms with Crippen LogP contribution in [-0.4, -0.2) is 0 Å². The molecule has 1 rings (SSSR count). The lowest BCUT2D eigenvalue weighted by molar-refractivity contribution is 0.179. The van der Waals surface area contributed by atoms with Gasteiger partial charge in [0.1, 0.15) is 0 Å². The molecule has 0 radical (unpaired) electrons. The van der Waals surface area contributed by atoms with Crippen LogP contribution in [-0.2, 0) is 0 Å². The minimum Gasteiger partial charge on any atom is -0.198 e. The van der Waals surface area contributed by atoms with Crippen LogP contribution in [0.5, 0.6) is 0 Å². The van der Waals surface area contributed by atoms with Gasteiger partial charge < -0.3 is 0 Å². The van der Waals surface area contributed by atoms with Crippen molar-refractivity contribution in [2.24, 2.45) is 17.3 Å². The molecular weight excluding hydrogens is 170 g/mol. The molecule has 0 aliphatic heterocycles. The molecule has 0 atom stereocenters. The highest BCUT2D eigenvalue weighted by Gasteiger charge is 2.35. The Bertz CT molecular complexity index is 256. The van der Waals surface area contributed by atoms with Gasteiger partial charge in [-0.15, -0.1) is 12.3 Å². The fraction of sp³-hybridized carbons (Fsp3) is 0.769. The molecular formula is C13H19N. The SMILES string of the molecule is C#CCC1(C#N)CCC(C(C)C)CC1. The van der Waals surface area contributed by atoms with Crippen LogP contribution in [0.25, 0.3) is 0 Å². The van der Waals surface area contributed by atoms with Crippen LogP contribution in [0.2, 0.25) is 0 Å². The van der Waals surface area contributed by atoms with Gasteiger partial charge in [-0.05, 0) is 37.5 Å². The highest BCUT2D eigenvalue weighted by molar-refractivity contribution is 5.08. The highest BCUT2D eigenvalue weighted by atomic mass is 14.4. The summed E-state index contributed by atoms with van der Waals surface area (Å²) >= 11 is 0. The van der Waals surface area contributed by atoms with Crippen molar-refractivity contribution in [3.63, 3.8) is 0 Å². The first-order valence-electron chi connectivity index (χ1n) is 5.48. The van der Waals surface area contributed by atoms with E-state index in [4.69, 9.17) is 11.7 Å². The zero-order valence-corrected chi connectivity index (χ0v) is 9.21. The molecule has 0 heterocycles. The average Bonchev–Trinajstić information content (AvgIpc) is 2.19. The molecule has 1 aliphatic carbocycles. The van der Waals surface area contributed by atoms with Gasteiger partial charge in [0.2, 0.25) is 0 Å². The van der Waals surface area contributed by atoms with Gasteiger partial charge in [-0.3, -0.25) is 0 Å². The lowest BCUT2D eigenvalue weighted by atomic mass is 9.67. The van der Waals surface area contributed by atoms with Gasteiger partial charge in [0.25, 0.3) is 0 Å². The predicted octanol–water partition coefficient (Wildman–Crippen LogP) is 3.37. The first kappa shape index (κ1) is 11.1. The Morgan fingerprint density at radius 2 is 2.00 bits per heavy atom. The minimum absolute atomic E-state index is 0.194. The third kappa shape index (κ3) is 2.30. The quantitative estimate of drug-likeness (QED) is 0.611. The molecule has 1 aliphatic rings. The molecule has 0 aromatic carbocycles. The maximum Gasteiger partial charge on any atom is 0.0699 e. The Kier molecular flexibility index (Phi) is 3.59. The molecule has 0 saturated heterocycles. The van der Waals surface area contributed by atoms with Crippen molar-refractivity contribution in [3.8, 4) is 18.4 Å². The first-order valence-corrected chi connectivity index (χ1v) is 5.48. The van der Waals surface area contributed by atoms with Crippen LogP contribution in [0, 0.1) is 40.9 Å². The second kappa shape index (κ2) is 4.52. The summed E-state index contributed by atoms with van der Waals surface area (Å²) in [6.07, 6.45) is 10.3. The third-order valence-electron chi connectivity index (χ3n) is 3.61. The Balaban J connectivity index is 2.57. The molecule has 0 N–H and O–H groups in total. The van der Waals surface area contributed by atoms with Crippen molar-refractivity contribution in [2.45, 2.75) is 46.0 Å². The molecule has 1 heteroatoms. The highest BCUT2D eigenvalue weighted by Crippen LogP contribution is 2.42. The Morgan fingerprint density at radius 3 is 2.36 bits per heavy atom. The monoisotopic (exact) mass is 189 g/mol. The fourth-order valence-electron chi connectivity index (χ4n) is 2.38. The first-order chi connectivity index (χ1) is 6.63. The van der Waals surface area contributed by atoms with E-state index in [9.17, 15) is 0 Å². The van der Waals surface area contributed by atoms with Gasteiger partial charge in [-0.1, -0.05) is 13.8 Å². The van der Waals surface area contributed by atoms with E-state index in [1.165, 1.54) is 12.8 Å². The van der Waals surface area contributed by atoms with Crippen LogP contribution in [0.4, 0.5) is 0 Å². The summed E-state index contributed by atoms with van der Waals surface area (Å²) in [6, 6.07) is 2.44. The zero-order chi connectivity index (χ0) is 10.6. The lowest BCUT2D eigenvalue weighted by Gasteiger charge is -2.35. The van der Waals surface area contributed by atoms with Crippen LogP contribution < -0.4 is 0 Å². The lowest BCUT2D eigenvalue weighted by Crippen LogP contribution is -2.27. The molecule has 1 fully saturated rings. The van der Waals surface area contributed by atoms with Gasteiger partial charge >= 0.3 is 0 Å². The third-order valence-corrected chi connectivity index (χ3v) is 3.61. The van der Waals surface area contributed by atoms with Crippen molar-refractivity contribution >= 4 is 0 Å². The summed E-state index contributed by atoms with van der Waals surface area (Å²) in [5.74, 6) is 4.20. The van der Waals surface area contributed by atoms with E-state index in [0.29, 0.717) is 6.42 Å². The summed E-state index contributed by atoms with van der Waals surface area (Å²) < 4.78 is 0. The second-order valence-corrected chi connectivity index (χ2v) is 4.85. The summed E-state index contributed by atoms with van der Waals surface area (Å²) in [5.41, 5.74) is -0.194. The molecule has 0 bridgehead atoms. The number of hydrogen-bond acceptors (Lipinski definition) is 1. The Morgan fingerprint density at radius 1 is 1.43 bits per heavy atom. The molecule has 0 aromatic heterocycles. The molecule has 0 unspecified atom stereocenters. The minimum atomic E-state index is -0.194. The van der Waals surface area contributed by atoms with Gasteiger partial charge in [-0.25, -0.2) is 0 Å². The Labute approximate surface area is 87.5 Å². The molecule has 0 amide bonds. The maximum absolute atomic E-state index is 9.15. The van der Waals surface area contributed by atoms with Gasteiger partial charge in [0, 0.05) is 6.42 Å². The van der Waals surface area contributed by atoms with Crippen LogP contribution >= 0.6 is 0 Å². The zero-order valence-electron chi connectivity index (χ0n) is 9.21. The van der Waals surface area contributed by atoms with E-state index in [-0.39, 0.29) is 5.41 Å². The second-order valence-electron chi connectivity index (χ2n) is 4.85. The average molecular weight is 189 g/mol. The molecule has 1 saturated carbocycles. The molecule has 0 aromatic rings. The summed E-state index contributed by atoms with van der Waals surface area (Å²) in [7, 11) is 0. The van der Waals surface area contributed by atoms with Gasteiger partial charge in [-0.2, -0.15) is 5.26 Å². The molecule has 76 valence electrons. The molecule has 0 spiro atoms. The Hall–Kier alpha value is -0.950. The molecule has 14 heavy (non-hydrogen) atoms. The number of rotatable bonds is 2. The standard InChI is InChI=1S/C13H19N/c1-4-7-13(10-14)8-5-12(6-9-13)11(2)3/h1,11-12H,5-9H2,2-3H3. The van der Waals surface area contributed by atoms with Crippen molar-refractivity contribution in [2.75, 3.05) is 0 Å². The number of nitrogens with zero attached hydrogens (tertiary/aromatic N) is 1. The number of nitriles is 1. The van der Waals surface area contributed by atoms with E-state index in [1.54, 1.807) is 0 Å². The number of terminal acetylenes is 1. The summed E-state index contributed by atoms with van der Waals surface area (Å²) in [5, 5.41) is 9.15. The largest absolute Gasteiger partial charge is 0.198 e. The van der Waals surface area contributed by atoms with E-state index < -0.39 is 0 Å². The topological polar surface area (TPSA) is 23.8 Å². The van der Waals surface area contributed by atoms with E-state index in [2.05, 4.69) is 25.8 Å². The van der Waals surface area contributed by atoms with Crippen LogP contribution in [0.15, 0.2) is 0 Å².